The standard InChI is InChI=1S/C16H22N2O2S/c1-11(16(19)20)6-5-7-12(2)17-10-15-18-13-8-3-4-9-14(13)21-15/h3-4,8-9,11-12,17H,5-7,10H2,1-2H3,(H,19,20). The second-order valence-electron chi connectivity index (χ2n) is 5.53. The molecule has 0 aliphatic carbocycles. The number of hydrogen-bond donors (Lipinski definition) is 2. The van der Waals surface area contributed by atoms with Crippen molar-refractivity contribution in [2.24, 2.45) is 5.92 Å². The summed E-state index contributed by atoms with van der Waals surface area (Å²) >= 11 is 1.72. The molecule has 2 aromatic rings. The molecule has 0 aliphatic rings. The number of fused-ring (bicyclic) bond motifs is 1. The predicted octanol–water partition coefficient (Wildman–Crippen LogP) is 3.67. The van der Waals surface area contributed by atoms with Crippen LogP contribution in [0.5, 0.6) is 0 Å². The van der Waals surface area contributed by atoms with Gasteiger partial charge in [0.15, 0.2) is 0 Å². The zero-order valence-electron chi connectivity index (χ0n) is 12.5. The smallest absolute Gasteiger partial charge is 0.306 e. The first-order valence-corrected chi connectivity index (χ1v) is 8.18. The Balaban J connectivity index is 1.73. The van der Waals surface area contributed by atoms with Crippen LogP contribution in [-0.2, 0) is 11.3 Å². The zero-order chi connectivity index (χ0) is 15.2. The van der Waals surface area contributed by atoms with E-state index in [9.17, 15) is 4.79 Å². The molecule has 0 spiro atoms. The molecule has 0 saturated heterocycles. The lowest BCUT2D eigenvalue weighted by molar-refractivity contribution is -0.141. The Bertz CT molecular complexity index is 564. The number of nitrogens with zero attached hydrogens (tertiary/aromatic N) is 1. The minimum atomic E-state index is -0.704. The zero-order valence-corrected chi connectivity index (χ0v) is 13.3. The van der Waals surface area contributed by atoms with Crippen LogP contribution < -0.4 is 5.32 Å². The van der Waals surface area contributed by atoms with Crippen LogP contribution in [0.1, 0.15) is 38.1 Å². The van der Waals surface area contributed by atoms with Gasteiger partial charge in [-0.1, -0.05) is 25.5 Å². The van der Waals surface area contributed by atoms with Crippen LogP contribution in [0.15, 0.2) is 24.3 Å². The van der Waals surface area contributed by atoms with E-state index in [0.29, 0.717) is 6.04 Å². The average Bonchev–Trinajstić information content (AvgIpc) is 2.87. The van der Waals surface area contributed by atoms with Crippen LogP contribution in [0.3, 0.4) is 0 Å². The molecular formula is C16H22N2O2S. The van der Waals surface area contributed by atoms with E-state index in [-0.39, 0.29) is 5.92 Å². The molecule has 2 N–H and O–H groups in total. The normalized spacial score (nSPS) is 14.2. The van der Waals surface area contributed by atoms with E-state index in [2.05, 4.69) is 23.3 Å². The van der Waals surface area contributed by atoms with Gasteiger partial charge in [-0.15, -0.1) is 11.3 Å². The molecule has 0 bridgehead atoms. The Morgan fingerprint density at radius 1 is 1.33 bits per heavy atom. The van der Waals surface area contributed by atoms with Crippen LogP contribution in [-0.4, -0.2) is 22.1 Å². The topological polar surface area (TPSA) is 62.2 Å². The molecule has 1 heterocycles. The molecule has 0 radical (unpaired) electrons. The highest BCUT2D eigenvalue weighted by atomic mass is 32.1. The van der Waals surface area contributed by atoms with Crippen molar-refractivity contribution < 1.29 is 9.90 Å². The third kappa shape index (κ3) is 4.79. The SMILES string of the molecule is CC(CCCC(C)C(=O)O)NCc1nc2ccccc2s1. The van der Waals surface area contributed by atoms with E-state index in [4.69, 9.17) is 5.11 Å². The Hall–Kier alpha value is -1.46. The number of thiazole rings is 1. The molecule has 0 fully saturated rings. The first kappa shape index (κ1) is 15.9. The maximum Gasteiger partial charge on any atom is 0.306 e. The lowest BCUT2D eigenvalue weighted by Crippen LogP contribution is -2.25. The second kappa shape index (κ2) is 7.52. The largest absolute Gasteiger partial charge is 0.481 e. The number of benzene rings is 1. The van der Waals surface area contributed by atoms with E-state index in [1.165, 1.54) is 4.70 Å². The van der Waals surface area contributed by atoms with Crippen LogP contribution in [0.2, 0.25) is 0 Å². The Morgan fingerprint density at radius 3 is 2.81 bits per heavy atom. The number of carbonyl (C=O) groups is 1. The molecule has 2 rings (SSSR count). The molecule has 21 heavy (non-hydrogen) atoms. The summed E-state index contributed by atoms with van der Waals surface area (Å²) < 4.78 is 1.22. The Kier molecular flexibility index (Phi) is 5.70. The number of rotatable bonds is 8. The van der Waals surface area contributed by atoms with Crippen molar-refractivity contribution in [1.82, 2.24) is 10.3 Å². The lowest BCUT2D eigenvalue weighted by atomic mass is 10.0. The van der Waals surface area contributed by atoms with Crippen molar-refractivity contribution in [3.8, 4) is 0 Å². The van der Waals surface area contributed by atoms with Gasteiger partial charge in [0.2, 0.25) is 0 Å². The highest BCUT2D eigenvalue weighted by molar-refractivity contribution is 7.18. The van der Waals surface area contributed by atoms with Gasteiger partial charge >= 0.3 is 5.97 Å². The fourth-order valence-corrected chi connectivity index (χ4v) is 3.13. The molecular weight excluding hydrogens is 284 g/mol. The summed E-state index contributed by atoms with van der Waals surface area (Å²) in [5, 5.41) is 13.4. The van der Waals surface area contributed by atoms with Gasteiger partial charge in [0.1, 0.15) is 5.01 Å². The first-order chi connectivity index (χ1) is 10.1. The Morgan fingerprint density at radius 2 is 2.10 bits per heavy atom. The maximum atomic E-state index is 10.7. The van der Waals surface area contributed by atoms with Gasteiger partial charge in [-0.05, 0) is 31.9 Å². The van der Waals surface area contributed by atoms with Crippen molar-refractivity contribution >= 4 is 27.5 Å². The number of aliphatic carboxylic acids is 1. The first-order valence-electron chi connectivity index (χ1n) is 7.37. The van der Waals surface area contributed by atoms with Gasteiger partial charge in [-0.25, -0.2) is 4.98 Å². The van der Waals surface area contributed by atoms with Gasteiger partial charge < -0.3 is 10.4 Å². The third-order valence-electron chi connectivity index (χ3n) is 3.64. The lowest BCUT2D eigenvalue weighted by Gasteiger charge is -2.13. The number of carboxylic acids is 1. The van der Waals surface area contributed by atoms with Crippen molar-refractivity contribution in [3.05, 3.63) is 29.3 Å². The van der Waals surface area contributed by atoms with Gasteiger partial charge in [0, 0.05) is 12.6 Å². The van der Waals surface area contributed by atoms with Crippen LogP contribution in [0.4, 0.5) is 0 Å². The summed E-state index contributed by atoms with van der Waals surface area (Å²) in [6, 6.07) is 8.53. The van der Waals surface area contributed by atoms with Crippen LogP contribution in [0.25, 0.3) is 10.2 Å². The highest BCUT2D eigenvalue weighted by Gasteiger charge is 2.11. The molecule has 0 saturated carbocycles. The van der Waals surface area contributed by atoms with Crippen molar-refractivity contribution in [3.63, 3.8) is 0 Å². The number of aromatic nitrogens is 1. The average molecular weight is 306 g/mol. The van der Waals surface area contributed by atoms with E-state index >= 15 is 0 Å². The molecule has 0 amide bonds. The molecule has 0 aliphatic heterocycles. The number of carboxylic acid groups (broad SMARTS) is 1. The summed E-state index contributed by atoms with van der Waals surface area (Å²) in [5.74, 6) is -0.952. The van der Waals surface area contributed by atoms with Gasteiger partial charge in [-0.2, -0.15) is 0 Å². The summed E-state index contributed by atoms with van der Waals surface area (Å²) in [7, 11) is 0. The van der Waals surface area contributed by atoms with Crippen molar-refractivity contribution in [2.75, 3.05) is 0 Å². The Labute approximate surface area is 129 Å². The quantitative estimate of drug-likeness (QED) is 0.781. The number of nitrogens with one attached hydrogen (secondary N) is 1. The summed E-state index contributed by atoms with van der Waals surface area (Å²) in [6.07, 6.45) is 2.66. The molecule has 2 atom stereocenters. The maximum absolute atomic E-state index is 10.7. The summed E-state index contributed by atoms with van der Waals surface area (Å²) in [4.78, 5) is 15.3. The highest BCUT2D eigenvalue weighted by Crippen LogP contribution is 2.21. The van der Waals surface area contributed by atoms with Gasteiger partial charge in [0.25, 0.3) is 0 Å². The fraction of sp³-hybridized carbons (Fsp3) is 0.500. The molecule has 114 valence electrons. The van der Waals surface area contributed by atoms with Gasteiger partial charge in [0.05, 0.1) is 16.1 Å². The fourth-order valence-electron chi connectivity index (χ4n) is 2.21. The van der Waals surface area contributed by atoms with Crippen molar-refractivity contribution in [2.45, 2.75) is 45.7 Å². The summed E-state index contributed by atoms with van der Waals surface area (Å²) in [5.41, 5.74) is 1.06. The molecule has 4 nitrogen and oxygen atoms in total. The number of para-hydroxylation sites is 1. The van der Waals surface area contributed by atoms with E-state index in [0.717, 1.165) is 36.3 Å². The van der Waals surface area contributed by atoms with E-state index in [1.807, 2.05) is 18.2 Å². The van der Waals surface area contributed by atoms with Crippen LogP contribution >= 0.6 is 11.3 Å². The molecule has 1 aromatic heterocycles. The minimum Gasteiger partial charge on any atom is -0.481 e. The predicted molar refractivity (Wildman–Crippen MR) is 86.6 cm³/mol. The third-order valence-corrected chi connectivity index (χ3v) is 4.67. The van der Waals surface area contributed by atoms with Crippen LogP contribution in [0, 0.1) is 5.92 Å². The number of hydrogen-bond acceptors (Lipinski definition) is 4. The van der Waals surface area contributed by atoms with Crippen molar-refractivity contribution in [1.29, 1.82) is 0 Å². The second-order valence-corrected chi connectivity index (χ2v) is 6.64. The summed E-state index contributed by atoms with van der Waals surface area (Å²) in [6.45, 7) is 4.68. The minimum absolute atomic E-state index is 0.249. The van der Waals surface area contributed by atoms with Gasteiger partial charge in [-0.3, -0.25) is 4.79 Å². The van der Waals surface area contributed by atoms with E-state index < -0.39 is 5.97 Å². The molecule has 1 aromatic carbocycles. The molecule has 5 heteroatoms. The monoisotopic (exact) mass is 306 g/mol. The molecule has 2 unspecified atom stereocenters. The van der Waals surface area contributed by atoms with E-state index in [1.54, 1.807) is 18.3 Å².